The summed E-state index contributed by atoms with van der Waals surface area (Å²) < 4.78 is 1.88. The van der Waals surface area contributed by atoms with E-state index in [2.05, 4.69) is 27.2 Å². The fraction of sp³-hybridized carbons (Fsp3) is 0.538. The number of hydrogen-bond donors (Lipinski definition) is 1. The van der Waals surface area contributed by atoms with E-state index < -0.39 is 0 Å². The molecule has 0 aliphatic heterocycles. The van der Waals surface area contributed by atoms with Gasteiger partial charge >= 0.3 is 0 Å². The van der Waals surface area contributed by atoms with Gasteiger partial charge in [0, 0.05) is 13.1 Å². The maximum absolute atomic E-state index is 8.99. The number of nitrogens with zero attached hydrogens (tertiary/aromatic N) is 5. The standard InChI is InChI=1S/C13H16N6/c1-8(9-4-3-5-9)16-13-11-12(15-7-19(11)2)17-10(6-14)18-13/h7-9H,3-5H2,1-2H3,(H,16,17,18). The van der Waals surface area contributed by atoms with Crippen molar-refractivity contribution < 1.29 is 0 Å². The summed E-state index contributed by atoms with van der Waals surface area (Å²) in [7, 11) is 1.91. The van der Waals surface area contributed by atoms with Crippen LogP contribution in [0.1, 0.15) is 32.0 Å². The molecule has 6 nitrogen and oxygen atoms in total. The SMILES string of the molecule is CC(Nc1nc(C#N)nc2ncn(C)c12)C1CCC1. The van der Waals surface area contributed by atoms with Gasteiger partial charge < -0.3 is 9.88 Å². The Morgan fingerprint density at radius 2 is 2.26 bits per heavy atom. The fourth-order valence-corrected chi connectivity index (χ4v) is 2.48. The van der Waals surface area contributed by atoms with Crippen LogP contribution in [0.25, 0.3) is 11.2 Å². The average molecular weight is 256 g/mol. The molecule has 6 heteroatoms. The summed E-state index contributed by atoms with van der Waals surface area (Å²) in [4.78, 5) is 12.6. The van der Waals surface area contributed by atoms with E-state index in [1.807, 2.05) is 17.7 Å². The molecule has 1 N–H and O–H groups in total. The summed E-state index contributed by atoms with van der Waals surface area (Å²) in [6, 6.07) is 2.34. The van der Waals surface area contributed by atoms with Crippen molar-refractivity contribution in [2.45, 2.75) is 32.2 Å². The molecule has 0 saturated heterocycles. The first-order chi connectivity index (χ1) is 9.19. The Morgan fingerprint density at radius 3 is 2.89 bits per heavy atom. The molecule has 1 saturated carbocycles. The number of imidazole rings is 1. The van der Waals surface area contributed by atoms with E-state index in [1.54, 1.807) is 6.33 Å². The molecule has 2 aromatic heterocycles. The first kappa shape index (κ1) is 11.9. The molecule has 3 rings (SSSR count). The highest BCUT2D eigenvalue weighted by Gasteiger charge is 2.25. The molecule has 19 heavy (non-hydrogen) atoms. The molecule has 1 aliphatic rings. The molecule has 0 amide bonds. The van der Waals surface area contributed by atoms with Gasteiger partial charge in [-0.15, -0.1) is 0 Å². The number of aromatic nitrogens is 4. The maximum Gasteiger partial charge on any atom is 0.236 e. The molecule has 0 bridgehead atoms. The number of nitriles is 1. The van der Waals surface area contributed by atoms with Crippen molar-refractivity contribution in [1.29, 1.82) is 5.26 Å². The first-order valence-corrected chi connectivity index (χ1v) is 6.54. The lowest BCUT2D eigenvalue weighted by Crippen LogP contribution is -2.31. The van der Waals surface area contributed by atoms with E-state index in [-0.39, 0.29) is 5.82 Å². The van der Waals surface area contributed by atoms with Gasteiger partial charge in [-0.2, -0.15) is 15.2 Å². The first-order valence-electron chi connectivity index (χ1n) is 6.54. The van der Waals surface area contributed by atoms with Crippen LogP contribution >= 0.6 is 0 Å². The lowest BCUT2D eigenvalue weighted by Gasteiger charge is -2.32. The third-order valence-electron chi connectivity index (χ3n) is 3.89. The number of nitrogens with one attached hydrogen (secondary N) is 1. The second-order valence-electron chi connectivity index (χ2n) is 5.16. The van der Waals surface area contributed by atoms with E-state index in [1.165, 1.54) is 19.3 Å². The molecule has 0 spiro atoms. The lowest BCUT2D eigenvalue weighted by molar-refractivity contribution is 0.285. The van der Waals surface area contributed by atoms with Crippen molar-refractivity contribution in [3.05, 3.63) is 12.2 Å². The van der Waals surface area contributed by atoms with Crippen molar-refractivity contribution in [2.24, 2.45) is 13.0 Å². The molecule has 1 atom stereocenters. The topological polar surface area (TPSA) is 79.4 Å². The molecule has 2 aromatic rings. The van der Waals surface area contributed by atoms with Gasteiger partial charge in [0.15, 0.2) is 11.5 Å². The van der Waals surface area contributed by atoms with Crippen LogP contribution in [0.5, 0.6) is 0 Å². The Labute approximate surface area is 111 Å². The minimum absolute atomic E-state index is 0.162. The van der Waals surface area contributed by atoms with Gasteiger partial charge in [-0.1, -0.05) is 6.42 Å². The van der Waals surface area contributed by atoms with Crippen LogP contribution in [0.3, 0.4) is 0 Å². The Kier molecular flexibility index (Phi) is 2.82. The van der Waals surface area contributed by atoms with E-state index in [0.29, 0.717) is 23.4 Å². The van der Waals surface area contributed by atoms with E-state index in [4.69, 9.17) is 5.26 Å². The molecule has 0 radical (unpaired) electrons. The van der Waals surface area contributed by atoms with Crippen LogP contribution in [-0.4, -0.2) is 25.6 Å². The largest absolute Gasteiger partial charge is 0.365 e. The smallest absolute Gasteiger partial charge is 0.236 e. The normalized spacial score (nSPS) is 16.9. The maximum atomic E-state index is 8.99. The summed E-state index contributed by atoms with van der Waals surface area (Å²) in [6.45, 7) is 2.17. The van der Waals surface area contributed by atoms with E-state index >= 15 is 0 Å². The van der Waals surface area contributed by atoms with Crippen LogP contribution in [0.2, 0.25) is 0 Å². The third-order valence-corrected chi connectivity index (χ3v) is 3.89. The van der Waals surface area contributed by atoms with Crippen LogP contribution in [0, 0.1) is 17.2 Å². The van der Waals surface area contributed by atoms with Gasteiger partial charge in [0.2, 0.25) is 5.82 Å². The number of rotatable bonds is 3. The quantitative estimate of drug-likeness (QED) is 0.906. The molecule has 98 valence electrons. The molecule has 1 aliphatic carbocycles. The molecular formula is C13H16N6. The Bertz CT molecular complexity index is 649. The number of anilines is 1. The summed E-state index contributed by atoms with van der Waals surface area (Å²) >= 11 is 0. The minimum atomic E-state index is 0.162. The highest BCUT2D eigenvalue weighted by Crippen LogP contribution is 2.31. The van der Waals surface area contributed by atoms with Crippen LogP contribution in [0.15, 0.2) is 6.33 Å². The van der Waals surface area contributed by atoms with Gasteiger partial charge in [-0.05, 0) is 25.7 Å². The van der Waals surface area contributed by atoms with Crippen LogP contribution in [0.4, 0.5) is 5.82 Å². The number of aryl methyl sites for hydroxylation is 1. The van der Waals surface area contributed by atoms with Crippen molar-refractivity contribution >= 4 is 17.0 Å². The van der Waals surface area contributed by atoms with Crippen molar-refractivity contribution in [3.8, 4) is 6.07 Å². The molecule has 1 fully saturated rings. The van der Waals surface area contributed by atoms with Gasteiger partial charge in [-0.3, -0.25) is 0 Å². The van der Waals surface area contributed by atoms with Crippen LogP contribution in [-0.2, 0) is 7.05 Å². The highest BCUT2D eigenvalue weighted by molar-refractivity contribution is 5.83. The summed E-state index contributed by atoms with van der Waals surface area (Å²) in [5.74, 6) is 1.57. The lowest BCUT2D eigenvalue weighted by atomic mass is 9.80. The predicted molar refractivity (Wildman–Crippen MR) is 71.4 cm³/mol. The number of fused-ring (bicyclic) bond motifs is 1. The summed E-state index contributed by atoms with van der Waals surface area (Å²) in [5, 5.41) is 12.4. The van der Waals surface area contributed by atoms with E-state index in [0.717, 1.165) is 5.52 Å². The van der Waals surface area contributed by atoms with E-state index in [9.17, 15) is 0 Å². The Morgan fingerprint density at radius 1 is 1.47 bits per heavy atom. The monoisotopic (exact) mass is 256 g/mol. The molecule has 1 unspecified atom stereocenters. The zero-order valence-corrected chi connectivity index (χ0v) is 11.1. The number of hydrogen-bond acceptors (Lipinski definition) is 5. The molecule has 0 aromatic carbocycles. The minimum Gasteiger partial charge on any atom is -0.365 e. The highest BCUT2D eigenvalue weighted by atomic mass is 15.1. The molecule has 2 heterocycles. The van der Waals surface area contributed by atoms with Crippen LogP contribution < -0.4 is 5.32 Å². The third kappa shape index (κ3) is 2.01. The van der Waals surface area contributed by atoms with Gasteiger partial charge in [0.05, 0.1) is 6.33 Å². The zero-order valence-electron chi connectivity index (χ0n) is 11.1. The van der Waals surface area contributed by atoms with Crippen molar-refractivity contribution in [2.75, 3.05) is 5.32 Å². The fourth-order valence-electron chi connectivity index (χ4n) is 2.48. The zero-order chi connectivity index (χ0) is 13.4. The second-order valence-corrected chi connectivity index (χ2v) is 5.16. The van der Waals surface area contributed by atoms with Crippen molar-refractivity contribution in [3.63, 3.8) is 0 Å². The van der Waals surface area contributed by atoms with Gasteiger partial charge in [0.25, 0.3) is 0 Å². The summed E-state index contributed by atoms with van der Waals surface area (Å²) in [6.07, 6.45) is 5.53. The average Bonchev–Trinajstić information content (AvgIpc) is 2.68. The molecular weight excluding hydrogens is 240 g/mol. The second kappa shape index (κ2) is 4.50. The van der Waals surface area contributed by atoms with Gasteiger partial charge in [-0.25, -0.2) is 4.98 Å². The predicted octanol–water partition coefficient (Wildman–Crippen LogP) is 1.84. The van der Waals surface area contributed by atoms with Gasteiger partial charge in [0.1, 0.15) is 11.6 Å². The Hall–Kier alpha value is -2.16. The van der Waals surface area contributed by atoms with Crippen molar-refractivity contribution in [1.82, 2.24) is 19.5 Å². The Balaban J connectivity index is 2.00. The summed E-state index contributed by atoms with van der Waals surface area (Å²) in [5.41, 5.74) is 1.42.